The molecule has 4 heteroatoms. The van der Waals surface area contributed by atoms with Gasteiger partial charge in [-0.2, -0.15) is 0 Å². The molecule has 0 heterocycles. The van der Waals surface area contributed by atoms with Crippen molar-refractivity contribution in [2.75, 3.05) is 6.61 Å². The highest BCUT2D eigenvalue weighted by Crippen LogP contribution is 2.24. The Morgan fingerprint density at radius 1 is 1.47 bits per heavy atom. The minimum atomic E-state index is 0.183. The van der Waals surface area contributed by atoms with Gasteiger partial charge in [0.2, 0.25) is 0 Å². The molecule has 0 spiro atoms. The van der Waals surface area contributed by atoms with E-state index in [1.807, 2.05) is 19.1 Å². The zero-order valence-corrected chi connectivity index (χ0v) is 10.6. The molecule has 1 aromatic carbocycles. The molecule has 94 valence electrons. The molecule has 0 saturated carbocycles. The highest BCUT2D eigenvalue weighted by molar-refractivity contribution is 5.79. The molecule has 0 bridgehead atoms. The van der Waals surface area contributed by atoms with Gasteiger partial charge in [-0.25, -0.2) is 0 Å². The normalized spacial score (nSPS) is 11.9. The second kappa shape index (κ2) is 6.13. The van der Waals surface area contributed by atoms with E-state index in [4.69, 9.17) is 15.7 Å². The second-order valence-corrected chi connectivity index (χ2v) is 4.37. The van der Waals surface area contributed by atoms with Gasteiger partial charge in [-0.3, -0.25) is 0 Å². The van der Waals surface area contributed by atoms with Crippen molar-refractivity contribution in [1.82, 2.24) is 0 Å². The second-order valence-electron chi connectivity index (χ2n) is 4.37. The Balaban J connectivity index is 2.66. The van der Waals surface area contributed by atoms with Crippen LogP contribution in [0.4, 0.5) is 0 Å². The molecule has 0 aliphatic heterocycles. The van der Waals surface area contributed by atoms with Crippen LogP contribution in [-0.4, -0.2) is 17.6 Å². The molecule has 0 aromatic heterocycles. The summed E-state index contributed by atoms with van der Waals surface area (Å²) in [7, 11) is 0. The van der Waals surface area contributed by atoms with Crippen LogP contribution in [0, 0.1) is 6.92 Å². The minimum Gasteiger partial charge on any atom is -0.493 e. The lowest BCUT2D eigenvalue weighted by Gasteiger charge is -2.12. The maximum absolute atomic E-state index is 8.41. The largest absolute Gasteiger partial charge is 0.493 e. The van der Waals surface area contributed by atoms with Crippen LogP contribution in [-0.2, 0) is 0 Å². The number of amidine groups is 1. The molecule has 0 amide bonds. The minimum absolute atomic E-state index is 0.183. The predicted molar refractivity (Wildman–Crippen MR) is 68.8 cm³/mol. The van der Waals surface area contributed by atoms with Crippen molar-refractivity contribution in [3.05, 3.63) is 29.3 Å². The summed E-state index contributed by atoms with van der Waals surface area (Å²) in [5.41, 5.74) is 7.71. The van der Waals surface area contributed by atoms with E-state index < -0.39 is 0 Å². The summed E-state index contributed by atoms with van der Waals surface area (Å²) in [5.74, 6) is 1.52. The molecular weight excluding hydrogens is 216 g/mol. The first-order valence-corrected chi connectivity index (χ1v) is 5.74. The first-order valence-electron chi connectivity index (χ1n) is 5.74. The van der Waals surface area contributed by atoms with E-state index in [1.165, 1.54) is 5.56 Å². The summed E-state index contributed by atoms with van der Waals surface area (Å²) in [6.07, 6.45) is 0.418. The number of aryl methyl sites for hydroxylation is 1. The van der Waals surface area contributed by atoms with Crippen LogP contribution in [0.1, 0.15) is 37.3 Å². The van der Waals surface area contributed by atoms with Gasteiger partial charge in [0.25, 0.3) is 0 Å². The number of benzene rings is 1. The average molecular weight is 236 g/mol. The fraction of sp³-hybridized carbons (Fsp3) is 0.462. The van der Waals surface area contributed by atoms with E-state index in [2.05, 4.69) is 25.1 Å². The number of nitrogens with two attached hydrogens (primary N) is 1. The lowest BCUT2D eigenvalue weighted by Crippen LogP contribution is -2.15. The van der Waals surface area contributed by atoms with E-state index in [1.54, 1.807) is 0 Å². The maximum Gasteiger partial charge on any atom is 0.142 e. The zero-order chi connectivity index (χ0) is 12.8. The monoisotopic (exact) mass is 236 g/mol. The standard InChI is InChI=1S/C13H20N2O2/c1-9(2)11-5-4-10(3)12(8-11)17-7-6-13(14)15-16/h4-5,8-9,16H,6-7H2,1-3H3,(H2,14,15). The van der Waals surface area contributed by atoms with Crippen LogP contribution in [0.15, 0.2) is 23.4 Å². The molecule has 0 saturated heterocycles. The van der Waals surface area contributed by atoms with E-state index in [9.17, 15) is 0 Å². The van der Waals surface area contributed by atoms with Crippen molar-refractivity contribution >= 4 is 5.84 Å². The molecular formula is C13H20N2O2. The quantitative estimate of drug-likeness (QED) is 0.357. The van der Waals surface area contributed by atoms with Gasteiger partial charge in [0.05, 0.1) is 6.61 Å². The number of nitrogens with zero attached hydrogens (tertiary/aromatic N) is 1. The first kappa shape index (κ1) is 13.4. The van der Waals surface area contributed by atoms with Crippen molar-refractivity contribution in [1.29, 1.82) is 0 Å². The van der Waals surface area contributed by atoms with Gasteiger partial charge in [0.1, 0.15) is 11.6 Å². The topological polar surface area (TPSA) is 67.8 Å². The summed E-state index contributed by atoms with van der Waals surface area (Å²) < 4.78 is 5.63. The Labute approximate surface area is 102 Å². The molecule has 17 heavy (non-hydrogen) atoms. The molecule has 0 unspecified atom stereocenters. The Hall–Kier alpha value is -1.71. The Bertz CT molecular complexity index is 400. The number of oxime groups is 1. The van der Waals surface area contributed by atoms with Gasteiger partial charge < -0.3 is 15.7 Å². The molecule has 3 N–H and O–H groups in total. The third-order valence-corrected chi connectivity index (χ3v) is 2.62. The fourth-order valence-corrected chi connectivity index (χ4v) is 1.45. The number of hydrogen-bond donors (Lipinski definition) is 2. The van der Waals surface area contributed by atoms with Crippen molar-refractivity contribution < 1.29 is 9.94 Å². The SMILES string of the molecule is Cc1ccc(C(C)C)cc1OCC/C(N)=N/O. The molecule has 0 aliphatic rings. The number of ether oxygens (including phenoxy) is 1. The van der Waals surface area contributed by atoms with E-state index in [-0.39, 0.29) is 5.84 Å². The predicted octanol–water partition coefficient (Wildman–Crippen LogP) is 2.63. The summed E-state index contributed by atoms with van der Waals surface area (Å²) in [6.45, 7) is 6.71. The molecule has 1 aromatic rings. The van der Waals surface area contributed by atoms with Gasteiger partial charge in [-0.15, -0.1) is 0 Å². The highest BCUT2D eigenvalue weighted by Gasteiger charge is 2.05. The van der Waals surface area contributed by atoms with Crippen LogP contribution in [0.25, 0.3) is 0 Å². The maximum atomic E-state index is 8.41. The first-order chi connectivity index (χ1) is 8.04. The zero-order valence-electron chi connectivity index (χ0n) is 10.6. The van der Waals surface area contributed by atoms with Crippen LogP contribution in [0.2, 0.25) is 0 Å². The van der Waals surface area contributed by atoms with E-state index in [0.29, 0.717) is 18.9 Å². The molecule has 0 atom stereocenters. The lowest BCUT2D eigenvalue weighted by atomic mass is 10.0. The summed E-state index contributed by atoms with van der Waals surface area (Å²) >= 11 is 0. The van der Waals surface area contributed by atoms with Crippen molar-refractivity contribution in [2.24, 2.45) is 10.9 Å². The summed E-state index contributed by atoms with van der Waals surface area (Å²) in [4.78, 5) is 0. The average Bonchev–Trinajstić information content (AvgIpc) is 2.30. The van der Waals surface area contributed by atoms with E-state index in [0.717, 1.165) is 11.3 Å². The summed E-state index contributed by atoms with van der Waals surface area (Å²) in [5, 5.41) is 11.3. The highest BCUT2D eigenvalue weighted by atomic mass is 16.5. The third-order valence-electron chi connectivity index (χ3n) is 2.62. The lowest BCUT2D eigenvalue weighted by molar-refractivity contribution is 0.305. The number of hydrogen-bond acceptors (Lipinski definition) is 3. The van der Waals surface area contributed by atoms with Gasteiger partial charge in [0.15, 0.2) is 0 Å². The van der Waals surface area contributed by atoms with Crippen molar-refractivity contribution in [3.63, 3.8) is 0 Å². The van der Waals surface area contributed by atoms with Crippen LogP contribution < -0.4 is 10.5 Å². The van der Waals surface area contributed by atoms with Gasteiger partial charge >= 0.3 is 0 Å². The van der Waals surface area contributed by atoms with Gasteiger partial charge in [0, 0.05) is 6.42 Å². The van der Waals surface area contributed by atoms with E-state index >= 15 is 0 Å². The molecule has 0 aliphatic carbocycles. The van der Waals surface area contributed by atoms with Crippen LogP contribution in [0.3, 0.4) is 0 Å². The molecule has 4 nitrogen and oxygen atoms in total. The third kappa shape index (κ3) is 3.98. The van der Waals surface area contributed by atoms with Crippen molar-refractivity contribution in [3.8, 4) is 5.75 Å². The van der Waals surface area contributed by atoms with Gasteiger partial charge in [-0.05, 0) is 30.0 Å². The van der Waals surface area contributed by atoms with Crippen LogP contribution in [0.5, 0.6) is 5.75 Å². The Kier molecular flexibility index (Phi) is 4.82. The Morgan fingerprint density at radius 3 is 2.76 bits per heavy atom. The number of rotatable bonds is 5. The van der Waals surface area contributed by atoms with Crippen molar-refractivity contribution in [2.45, 2.75) is 33.1 Å². The Morgan fingerprint density at radius 2 is 2.18 bits per heavy atom. The molecule has 0 fully saturated rings. The molecule has 0 radical (unpaired) electrons. The van der Waals surface area contributed by atoms with Gasteiger partial charge in [-0.1, -0.05) is 31.1 Å². The molecule has 1 rings (SSSR count). The fourth-order valence-electron chi connectivity index (χ4n) is 1.45. The smallest absolute Gasteiger partial charge is 0.142 e. The summed E-state index contributed by atoms with van der Waals surface area (Å²) in [6, 6.07) is 6.21. The van der Waals surface area contributed by atoms with Crippen LogP contribution >= 0.6 is 0 Å².